The SMILES string of the molecule is Cc1ncncc1N(N)C(=O)OC(C)(C)C. The van der Waals surface area contributed by atoms with Crippen LogP contribution in [0.2, 0.25) is 0 Å². The minimum absolute atomic E-state index is 0.428. The van der Waals surface area contributed by atoms with Gasteiger partial charge in [-0.2, -0.15) is 0 Å². The van der Waals surface area contributed by atoms with Crippen molar-refractivity contribution in [1.29, 1.82) is 0 Å². The van der Waals surface area contributed by atoms with Crippen molar-refractivity contribution >= 4 is 11.8 Å². The minimum Gasteiger partial charge on any atom is -0.442 e. The Hall–Kier alpha value is -1.69. The maximum atomic E-state index is 11.6. The van der Waals surface area contributed by atoms with Crippen LogP contribution < -0.4 is 10.9 Å². The van der Waals surface area contributed by atoms with E-state index in [1.807, 2.05) is 0 Å². The third-order valence-electron chi connectivity index (χ3n) is 1.74. The Balaban J connectivity index is 2.83. The molecule has 0 fully saturated rings. The van der Waals surface area contributed by atoms with Crippen LogP contribution in [0.5, 0.6) is 0 Å². The number of ether oxygens (including phenoxy) is 1. The fourth-order valence-corrected chi connectivity index (χ4v) is 1.03. The average Bonchev–Trinajstić information content (AvgIpc) is 2.15. The van der Waals surface area contributed by atoms with E-state index in [0.717, 1.165) is 5.01 Å². The Morgan fingerprint density at radius 3 is 2.62 bits per heavy atom. The molecule has 16 heavy (non-hydrogen) atoms. The van der Waals surface area contributed by atoms with Gasteiger partial charge in [0.1, 0.15) is 17.6 Å². The van der Waals surface area contributed by atoms with Crippen LogP contribution in [0.4, 0.5) is 10.5 Å². The normalized spacial score (nSPS) is 11.1. The summed E-state index contributed by atoms with van der Waals surface area (Å²) < 4.78 is 5.12. The van der Waals surface area contributed by atoms with Crippen molar-refractivity contribution in [2.75, 3.05) is 5.01 Å². The predicted octanol–water partition coefficient (Wildman–Crippen LogP) is 1.40. The summed E-state index contributed by atoms with van der Waals surface area (Å²) in [6.45, 7) is 7.05. The van der Waals surface area contributed by atoms with E-state index in [4.69, 9.17) is 10.6 Å². The molecule has 0 atom stereocenters. The highest BCUT2D eigenvalue weighted by Crippen LogP contribution is 2.16. The molecule has 1 aromatic rings. The van der Waals surface area contributed by atoms with Gasteiger partial charge in [-0.3, -0.25) is 0 Å². The first kappa shape index (κ1) is 12.4. The molecule has 1 amide bonds. The molecular formula is C10H16N4O2. The predicted molar refractivity (Wildman–Crippen MR) is 59.7 cm³/mol. The van der Waals surface area contributed by atoms with Gasteiger partial charge < -0.3 is 4.74 Å². The van der Waals surface area contributed by atoms with Gasteiger partial charge in [0, 0.05) is 0 Å². The van der Waals surface area contributed by atoms with Crippen LogP contribution >= 0.6 is 0 Å². The molecule has 6 nitrogen and oxygen atoms in total. The summed E-state index contributed by atoms with van der Waals surface area (Å²) in [6, 6.07) is 0. The van der Waals surface area contributed by atoms with Crippen molar-refractivity contribution in [2.45, 2.75) is 33.3 Å². The van der Waals surface area contributed by atoms with E-state index in [0.29, 0.717) is 11.4 Å². The number of hydrazine groups is 1. The van der Waals surface area contributed by atoms with Gasteiger partial charge in [0.25, 0.3) is 0 Å². The molecular weight excluding hydrogens is 208 g/mol. The second kappa shape index (κ2) is 4.44. The van der Waals surface area contributed by atoms with E-state index in [9.17, 15) is 4.79 Å². The number of hydrogen-bond acceptors (Lipinski definition) is 5. The third kappa shape index (κ3) is 3.16. The van der Waals surface area contributed by atoms with Crippen molar-refractivity contribution in [3.05, 3.63) is 18.2 Å². The quantitative estimate of drug-likeness (QED) is 0.443. The van der Waals surface area contributed by atoms with Gasteiger partial charge in [-0.05, 0) is 27.7 Å². The molecule has 1 rings (SSSR count). The first-order valence-corrected chi connectivity index (χ1v) is 4.85. The van der Waals surface area contributed by atoms with Crippen molar-refractivity contribution in [3.8, 4) is 0 Å². The number of hydrogen-bond donors (Lipinski definition) is 1. The van der Waals surface area contributed by atoms with Crippen LogP contribution in [0, 0.1) is 6.92 Å². The van der Waals surface area contributed by atoms with Gasteiger partial charge in [0.15, 0.2) is 0 Å². The second-order valence-electron chi connectivity index (χ2n) is 4.34. The summed E-state index contributed by atoms with van der Waals surface area (Å²) in [4.78, 5) is 19.4. The lowest BCUT2D eigenvalue weighted by Gasteiger charge is -2.24. The van der Waals surface area contributed by atoms with Gasteiger partial charge in [-0.15, -0.1) is 0 Å². The van der Waals surface area contributed by atoms with Gasteiger partial charge in [0.2, 0.25) is 0 Å². The maximum Gasteiger partial charge on any atom is 0.429 e. The molecule has 1 heterocycles. The molecule has 6 heteroatoms. The zero-order valence-electron chi connectivity index (χ0n) is 9.89. The van der Waals surface area contributed by atoms with E-state index in [2.05, 4.69) is 9.97 Å². The van der Waals surface area contributed by atoms with E-state index in [-0.39, 0.29) is 0 Å². The summed E-state index contributed by atoms with van der Waals surface area (Å²) in [5, 5.41) is 0.903. The maximum absolute atomic E-state index is 11.6. The first-order chi connectivity index (χ1) is 7.31. The Kier molecular flexibility index (Phi) is 3.44. The molecule has 0 bridgehead atoms. The summed E-state index contributed by atoms with van der Waals surface area (Å²) in [6.07, 6.45) is 2.22. The number of nitrogens with zero attached hydrogens (tertiary/aromatic N) is 3. The van der Waals surface area contributed by atoms with Gasteiger partial charge in [-0.1, -0.05) is 0 Å². The smallest absolute Gasteiger partial charge is 0.429 e. The van der Waals surface area contributed by atoms with E-state index in [1.165, 1.54) is 12.5 Å². The second-order valence-corrected chi connectivity index (χ2v) is 4.34. The molecule has 0 saturated heterocycles. The Bertz CT molecular complexity index is 387. The largest absolute Gasteiger partial charge is 0.442 e. The lowest BCUT2D eigenvalue weighted by molar-refractivity contribution is 0.0579. The van der Waals surface area contributed by atoms with Crippen molar-refractivity contribution in [3.63, 3.8) is 0 Å². The molecule has 0 unspecified atom stereocenters. The van der Waals surface area contributed by atoms with Crippen LogP contribution in [0.25, 0.3) is 0 Å². The van der Waals surface area contributed by atoms with E-state index in [1.54, 1.807) is 27.7 Å². The monoisotopic (exact) mass is 224 g/mol. The Labute approximate surface area is 94.4 Å². The van der Waals surface area contributed by atoms with E-state index >= 15 is 0 Å². The summed E-state index contributed by atoms with van der Waals surface area (Å²) in [5.41, 5.74) is 0.457. The number of anilines is 1. The van der Waals surface area contributed by atoms with Gasteiger partial charge in [0.05, 0.1) is 11.9 Å². The Morgan fingerprint density at radius 1 is 1.50 bits per heavy atom. The zero-order chi connectivity index (χ0) is 12.3. The van der Waals surface area contributed by atoms with Crippen molar-refractivity contribution in [2.24, 2.45) is 5.84 Å². The van der Waals surface area contributed by atoms with Gasteiger partial charge >= 0.3 is 6.09 Å². The van der Waals surface area contributed by atoms with Crippen LogP contribution in [-0.4, -0.2) is 21.7 Å². The molecule has 0 radical (unpaired) electrons. The van der Waals surface area contributed by atoms with Crippen LogP contribution in [-0.2, 0) is 4.74 Å². The summed E-state index contributed by atoms with van der Waals surface area (Å²) in [7, 11) is 0. The molecule has 0 aliphatic heterocycles. The van der Waals surface area contributed by atoms with Crippen molar-refractivity contribution < 1.29 is 9.53 Å². The Morgan fingerprint density at radius 2 is 2.12 bits per heavy atom. The first-order valence-electron chi connectivity index (χ1n) is 4.85. The van der Waals surface area contributed by atoms with E-state index < -0.39 is 11.7 Å². The van der Waals surface area contributed by atoms with Crippen LogP contribution in [0.1, 0.15) is 26.5 Å². The van der Waals surface area contributed by atoms with Crippen molar-refractivity contribution in [1.82, 2.24) is 9.97 Å². The molecule has 1 aromatic heterocycles. The fraction of sp³-hybridized carbons (Fsp3) is 0.500. The summed E-state index contributed by atoms with van der Waals surface area (Å²) >= 11 is 0. The van der Waals surface area contributed by atoms with Crippen LogP contribution in [0.3, 0.4) is 0 Å². The standard InChI is InChI=1S/C10H16N4O2/c1-7-8(5-12-6-13-7)14(11)9(15)16-10(2,3)4/h5-6H,11H2,1-4H3. The highest BCUT2D eigenvalue weighted by Gasteiger charge is 2.22. The number of carbonyl (C=O) groups is 1. The highest BCUT2D eigenvalue weighted by molar-refractivity contribution is 5.86. The topological polar surface area (TPSA) is 81.3 Å². The molecule has 0 aliphatic carbocycles. The molecule has 2 N–H and O–H groups in total. The van der Waals surface area contributed by atoms with Crippen LogP contribution in [0.15, 0.2) is 12.5 Å². The highest BCUT2D eigenvalue weighted by atomic mass is 16.6. The number of rotatable bonds is 1. The number of amides is 1. The fourth-order valence-electron chi connectivity index (χ4n) is 1.03. The molecule has 0 spiro atoms. The lowest BCUT2D eigenvalue weighted by Crippen LogP contribution is -2.42. The average molecular weight is 224 g/mol. The molecule has 88 valence electrons. The van der Waals surface area contributed by atoms with Gasteiger partial charge in [-0.25, -0.2) is 25.6 Å². The zero-order valence-corrected chi connectivity index (χ0v) is 9.89. The molecule has 0 aromatic carbocycles. The molecule has 0 saturated carbocycles. The molecule has 0 aliphatic rings. The number of aryl methyl sites for hydroxylation is 1. The minimum atomic E-state index is -0.634. The third-order valence-corrected chi connectivity index (χ3v) is 1.74. The number of aromatic nitrogens is 2. The number of carbonyl (C=O) groups excluding carboxylic acids is 1. The number of nitrogens with two attached hydrogens (primary N) is 1. The summed E-state index contributed by atoms with van der Waals surface area (Å²) in [5.74, 6) is 5.63. The lowest BCUT2D eigenvalue weighted by atomic mass is 10.2.